The molecule has 120 valence electrons. The van der Waals surface area contributed by atoms with E-state index in [2.05, 4.69) is 54.7 Å². The van der Waals surface area contributed by atoms with Crippen LogP contribution in [0.5, 0.6) is 0 Å². The molecule has 6 nitrogen and oxygen atoms in total. The summed E-state index contributed by atoms with van der Waals surface area (Å²) < 4.78 is 3.90. The van der Waals surface area contributed by atoms with E-state index >= 15 is 0 Å². The third-order valence-corrected chi connectivity index (χ3v) is 4.39. The fourth-order valence-corrected chi connectivity index (χ4v) is 3.14. The van der Waals surface area contributed by atoms with Crippen LogP contribution in [0, 0.1) is 25.7 Å². The molecule has 0 amide bonds. The van der Waals surface area contributed by atoms with Crippen LogP contribution in [0.15, 0.2) is 36.7 Å². The van der Waals surface area contributed by atoms with Crippen molar-refractivity contribution in [1.82, 2.24) is 29.1 Å². The Morgan fingerprint density at radius 2 is 1.96 bits per heavy atom. The van der Waals surface area contributed by atoms with Crippen LogP contribution in [0.25, 0.3) is 17.0 Å². The zero-order valence-electron chi connectivity index (χ0n) is 13.9. The molecule has 6 heteroatoms. The van der Waals surface area contributed by atoms with Gasteiger partial charge in [-0.2, -0.15) is 4.98 Å². The molecule has 4 heterocycles. The van der Waals surface area contributed by atoms with Gasteiger partial charge in [-0.05, 0) is 31.3 Å². The maximum absolute atomic E-state index is 4.65. The van der Waals surface area contributed by atoms with Crippen LogP contribution in [0.3, 0.4) is 0 Å². The smallest absolute Gasteiger partial charge is 0.226 e. The first kappa shape index (κ1) is 13.9. The summed E-state index contributed by atoms with van der Waals surface area (Å²) in [6.45, 7) is 4.71. The third kappa shape index (κ3) is 2.13. The van der Waals surface area contributed by atoms with Gasteiger partial charge in [-0.1, -0.05) is 24.3 Å². The molecule has 25 heavy (non-hydrogen) atoms. The molecule has 0 saturated heterocycles. The fourth-order valence-electron chi connectivity index (χ4n) is 3.14. The Bertz CT molecular complexity index is 1160. The summed E-state index contributed by atoms with van der Waals surface area (Å²) in [5.74, 6) is 7.55. The standard InChI is InChI=1S/C19H14N6/c1-12-9-20-13(2)18-22-17(23-25(12)18)8-7-15-11-24-10-14-5-3-4-6-16(14)19(24)21-15/h3-6,9,11H,10H2,1-2H3. The van der Waals surface area contributed by atoms with E-state index in [1.54, 1.807) is 10.7 Å². The van der Waals surface area contributed by atoms with Gasteiger partial charge in [0, 0.05) is 24.5 Å². The van der Waals surface area contributed by atoms with E-state index in [1.165, 1.54) is 11.1 Å². The van der Waals surface area contributed by atoms with Gasteiger partial charge in [0.2, 0.25) is 5.82 Å². The minimum Gasteiger partial charge on any atom is -0.325 e. The Morgan fingerprint density at radius 1 is 1.08 bits per heavy atom. The lowest BCUT2D eigenvalue weighted by molar-refractivity contribution is 0.847. The van der Waals surface area contributed by atoms with Crippen molar-refractivity contribution in [3.63, 3.8) is 0 Å². The minimum absolute atomic E-state index is 0.479. The predicted octanol–water partition coefficient (Wildman–Crippen LogP) is 2.37. The van der Waals surface area contributed by atoms with Crippen LogP contribution < -0.4 is 0 Å². The van der Waals surface area contributed by atoms with Crippen molar-refractivity contribution in [2.45, 2.75) is 20.4 Å². The second kappa shape index (κ2) is 5.02. The van der Waals surface area contributed by atoms with Crippen LogP contribution in [0.2, 0.25) is 0 Å². The van der Waals surface area contributed by atoms with Gasteiger partial charge in [-0.15, -0.1) is 5.10 Å². The average molecular weight is 326 g/mol. The number of imidazole rings is 1. The Kier molecular flexibility index (Phi) is 2.80. The molecule has 3 aromatic heterocycles. The number of rotatable bonds is 0. The number of benzene rings is 1. The minimum atomic E-state index is 0.479. The molecule has 0 unspecified atom stereocenters. The molecule has 0 radical (unpaired) electrons. The molecule has 0 aliphatic carbocycles. The summed E-state index contributed by atoms with van der Waals surface area (Å²) in [6.07, 6.45) is 3.77. The first-order valence-corrected chi connectivity index (χ1v) is 8.05. The van der Waals surface area contributed by atoms with Crippen LogP contribution in [-0.4, -0.2) is 29.1 Å². The van der Waals surface area contributed by atoms with Crippen molar-refractivity contribution in [3.05, 3.63) is 65.1 Å². The van der Waals surface area contributed by atoms with Crippen molar-refractivity contribution in [1.29, 1.82) is 0 Å². The molecule has 1 aliphatic heterocycles. The van der Waals surface area contributed by atoms with E-state index in [9.17, 15) is 0 Å². The van der Waals surface area contributed by atoms with Crippen molar-refractivity contribution >= 4 is 5.65 Å². The number of aryl methyl sites for hydroxylation is 2. The second-order valence-corrected chi connectivity index (χ2v) is 6.14. The Balaban J connectivity index is 1.53. The van der Waals surface area contributed by atoms with Crippen LogP contribution in [0.4, 0.5) is 0 Å². The highest BCUT2D eigenvalue weighted by Gasteiger charge is 2.19. The number of hydrogen-bond acceptors (Lipinski definition) is 4. The van der Waals surface area contributed by atoms with Gasteiger partial charge in [-0.3, -0.25) is 4.98 Å². The average Bonchev–Trinajstić information content (AvgIpc) is 3.29. The monoisotopic (exact) mass is 326 g/mol. The van der Waals surface area contributed by atoms with E-state index in [4.69, 9.17) is 0 Å². The van der Waals surface area contributed by atoms with E-state index in [-0.39, 0.29) is 0 Å². The van der Waals surface area contributed by atoms with E-state index in [0.717, 1.165) is 35.1 Å². The van der Waals surface area contributed by atoms with Crippen molar-refractivity contribution < 1.29 is 0 Å². The number of aromatic nitrogens is 6. The molecule has 0 N–H and O–H groups in total. The Morgan fingerprint density at radius 3 is 2.84 bits per heavy atom. The van der Waals surface area contributed by atoms with Gasteiger partial charge >= 0.3 is 0 Å². The van der Waals surface area contributed by atoms with Crippen LogP contribution in [0.1, 0.15) is 28.5 Å². The Labute approximate surface area is 144 Å². The van der Waals surface area contributed by atoms with Crippen molar-refractivity contribution in [2.24, 2.45) is 0 Å². The summed E-state index contributed by atoms with van der Waals surface area (Å²) >= 11 is 0. The molecular formula is C19H14N6. The van der Waals surface area contributed by atoms with Gasteiger partial charge in [0.1, 0.15) is 11.5 Å². The lowest BCUT2D eigenvalue weighted by Gasteiger charge is -1.97. The SMILES string of the molecule is Cc1ncc(C)n2nc(C#Cc3cn4c(n3)-c3ccccc3C4)nc12. The predicted molar refractivity (Wildman–Crippen MR) is 93.0 cm³/mol. The molecule has 1 aromatic carbocycles. The van der Waals surface area contributed by atoms with Gasteiger partial charge in [0.05, 0.1) is 11.4 Å². The molecule has 0 fully saturated rings. The summed E-state index contributed by atoms with van der Waals surface area (Å²) in [5.41, 5.74) is 5.71. The zero-order chi connectivity index (χ0) is 17.0. The highest BCUT2D eigenvalue weighted by molar-refractivity contribution is 5.65. The topological polar surface area (TPSA) is 60.9 Å². The van der Waals surface area contributed by atoms with Crippen molar-refractivity contribution in [2.75, 3.05) is 0 Å². The highest BCUT2D eigenvalue weighted by Crippen LogP contribution is 2.30. The molecule has 0 atom stereocenters. The highest BCUT2D eigenvalue weighted by atomic mass is 15.3. The quantitative estimate of drug-likeness (QED) is 0.410. The van der Waals surface area contributed by atoms with Crippen LogP contribution in [-0.2, 0) is 6.54 Å². The lowest BCUT2D eigenvalue weighted by atomic mass is 10.1. The second-order valence-electron chi connectivity index (χ2n) is 6.14. The first-order valence-electron chi connectivity index (χ1n) is 8.05. The molecule has 0 bridgehead atoms. The maximum Gasteiger partial charge on any atom is 0.226 e. The Hall–Kier alpha value is -3.46. The largest absolute Gasteiger partial charge is 0.325 e. The molecule has 5 rings (SSSR count). The third-order valence-electron chi connectivity index (χ3n) is 4.39. The molecular weight excluding hydrogens is 312 g/mol. The number of nitrogens with zero attached hydrogens (tertiary/aromatic N) is 6. The summed E-state index contributed by atoms with van der Waals surface area (Å²) in [7, 11) is 0. The lowest BCUT2D eigenvalue weighted by Crippen LogP contribution is -1.97. The molecule has 4 aromatic rings. The van der Waals surface area contributed by atoms with Crippen LogP contribution >= 0.6 is 0 Å². The number of fused-ring (bicyclic) bond motifs is 4. The van der Waals surface area contributed by atoms with E-state index in [0.29, 0.717) is 5.82 Å². The number of hydrogen-bond donors (Lipinski definition) is 0. The van der Waals surface area contributed by atoms with Gasteiger partial charge in [0.25, 0.3) is 0 Å². The van der Waals surface area contributed by atoms with E-state index in [1.807, 2.05) is 26.1 Å². The molecule has 0 saturated carbocycles. The van der Waals surface area contributed by atoms with Gasteiger partial charge in [-0.25, -0.2) is 9.50 Å². The van der Waals surface area contributed by atoms with Gasteiger partial charge in [0.15, 0.2) is 5.65 Å². The van der Waals surface area contributed by atoms with E-state index < -0.39 is 0 Å². The normalized spacial score (nSPS) is 11.9. The molecule has 1 aliphatic rings. The first-order chi connectivity index (χ1) is 12.2. The maximum atomic E-state index is 4.65. The summed E-state index contributed by atoms with van der Waals surface area (Å²) in [4.78, 5) is 13.4. The fraction of sp³-hybridized carbons (Fsp3) is 0.158. The molecule has 0 spiro atoms. The zero-order valence-corrected chi connectivity index (χ0v) is 13.9. The summed E-state index contributed by atoms with van der Waals surface area (Å²) in [6, 6.07) is 8.32. The summed E-state index contributed by atoms with van der Waals surface area (Å²) in [5, 5.41) is 4.44. The van der Waals surface area contributed by atoms with Crippen molar-refractivity contribution in [3.8, 4) is 23.2 Å². The van der Waals surface area contributed by atoms with Gasteiger partial charge < -0.3 is 4.57 Å².